The van der Waals surface area contributed by atoms with Crippen LogP contribution in [-0.2, 0) is 4.79 Å². The van der Waals surface area contributed by atoms with Crippen LogP contribution in [0.3, 0.4) is 0 Å². The number of hydrogen-bond acceptors (Lipinski definition) is 4. The van der Waals surface area contributed by atoms with Gasteiger partial charge in [-0.2, -0.15) is 0 Å². The second-order valence-corrected chi connectivity index (χ2v) is 11.4. The summed E-state index contributed by atoms with van der Waals surface area (Å²) in [6.07, 6.45) is 17.2. The van der Waals surface area contributed by atoms with Gasteiger partial charge in [0, 0.05) is 32.1 Å². The van der Waals surface area contributed by atoms with E-state index in [1.165, 1.54) is 29.5 Å². The third-order valence-electron chi connectivity index (χ3n) is 7.44. The maximum atomic E-state index is 10.1. The van der Waals surface area contributed by atoms with Crippen LogP contribution < -0.4 is 5.32 Å². The minimum Gasteiger partial charge on any atom is -0.317 e. The zero-order valence-electron chi connectivity index (χ0n) is 23.6. The first-order valence-corrected chi connectivity index (χ1v) is 13.7. The van der Waals surface area contributed by atoms with Crippen LogP contribution in [-0.4, -0.2) is 61.9 Å². The molecule has 4 nitrogen and oxygen atoms in total. The quantitative estimate of drug-likeness (QED) is 0.297. The molecule has 0 radical (unpaired) electrons. The predicted octanol–water partition coefficient (Wildman–Crippen LogP) is 5.80. The minimum atomic E-state index is 0.197. The summed E-state index contributed by atoms with van der Waals surface area (Å²) in [6.45, 7) is 16.7. The Morgan fingerprint density at radius 1 is 1.19 bits per heavy atom. The number of nitrogens with zero attached hydrogens (tertiary/aromatic N) is 2. The number of terminal acetylenes is 1. The lowest BCUT2D eigenvalue weighted by Crippen LogP contribution is -2.57. The van der Waals surface area contributed by atoms with Crippen molar-refractivity contribution in [1.82, 2.24) is 15.1 Å². The third kappa shape index (κ3) is 9.36. The summed E-state index contributed by atoms with van der Waals surface area (Å²) in [7, 11) is 2.25. The standard InChI is InChI=1S/C25H36N2.C7H13NO/c1-8-10-12-21(11-9-2)24(22-15-13-20(3)14-16-22)27-18-17-26(7)23(19-27)25(4,5)6;9-6-3-7-1-4-8-5-2-7/h2,10-16,23-24H,8,17-19H2,1,3-7H3;6-8H,1-5H2/b12-10-,21-11+;. The van der Waals surface area contributed by atoms with E-state index in [9.17, 15) is 4.79 Å². The molecule has 1 aromatic rings. The molecule has 2 fully saturated rings. The number of aldehydes is 1. The van der Waals surface area contributed by atoms with Gasteiger partial charge in [0.05, 0.1) is 6.04 Å². The Kier molecular flexibility index (Phi) is 12.6. The van der Waals surface area contributed by atoms with E-state index in [0.717, 1.165) is 51.9 Å². The Hall–Kier alpha value is -2.19. The van der Waals surface area contributed by atoms with E-state index in [4.69, 9.17) is 6.42 Å². The highest BCUT2D eigenvalue weighted by atomic mass is 16.1. The summed E-state index contributed by atoms with van der Waals surface area (Å²) in [4.78, 5) is 15.2. The number of benzene rings is 1. The molecule has 198 valence electrons. The number of piperazine rings is 1. The number of piperidine rings is 1. The molecule has 0 spiro atoms. The van der Waals surface area contributed by atoms with Crippen molar-refractivity contribution in [2.75, 3.05) is 39.8 Å². The molecule has 0 bridgehead atoms. The molecule has 2 aliphatic rings. The molecule has 1 aromatic carbocycles. The van der Waals surface area contributed by atoms with Gasteiger partial charge in [0.2, 0.25) is 0 Å². The molecule has 1 N–H and O–H groups in total. The average molecular weight is 492 g/mol. The Bertz CT molecular complexity index is 881. The maximum Gasteiger partial charge on any atom is 0.120 e. The summed E-state index contributed by atoms with van der Waals surface area (Å²) >= 11 is 0. The lowest BCUT2D eigenvalue weighted by atomic mass is 9.83. The highest BCUT2D eigenvalue weighted by Gasteiger charge is 2.36. The van der Waals surface area contributed by atoms with E-state index >= 15 is 0 Å². The van der Waals surface area contributed by atoms with E-state index in [-0.39, 0.29) is 11.5 Å². The molecule has 0 amide bonds. The van der Waals surface area contributed by atoms with E-state index in [1.807, 2.05) is 6.08 Å². The van der Waals surface area contributed by atoms with Crippen molar-refractivity contribution in [2.45, 2.75) is 72.4 Å². The molecular formula is C32H49N3O. The van der Waals surface area contributed by atoms with E-state index < -0.39 is 0 Å². The zero-order chi connectivity index (χ0) is 26.6. The fourth-order valence-electron chi connectivity index (χ4n) is 5.25. The average Bonchev–Trinajstić information content (AvgIpc) is 2.85. The van der Waals surface area contributed by atoms with Crippen LogP contribution in [0, 0.1) is 30.6 Å². The van der Waals surface area contributed by atoms with Gasteiger partial charge in [-0.05, 0) is 74.9 Å². The predicted molar refractivity (Wildman–Crippen MR) is 154 cm³/mol. The molecular weight excluding hydrogens is 442 g/mol. The largest absolute Gasteiger partial charge is 0.317 e. The van der Waals surface area contributed by atoms with E-state index in [1.54, 1.807) is 0 Å². The lowest BCUT2D eigenvalue weighted by Gasteiger charge is -2.48. The Morgan fingerprint density at radius 3 is 2.42 bits per heavy atom. The molecule has 36 heavy (non-hydrogen) atoms. The molecule has 3 rings (SSSR count). The molecule has 2 unspecified atom stereocenters. The van der Waals surface area contributed by atoms with Gasteiger partial charge < -0.3 is 15.0 Å². The van der Waals surface area contributed by atoms with Crippen LogP contribution in [0.5, 0.6) is 0 Å². The summed E-state index contributed by atoms with van der Waals surface area (Å²) in [6, 6.07) is 9.64. The van der Waals surface area contributed by atoms with Crippen LogP contribution in [0.15, 0.2) is 48.1 Å². The Labute approximate surface area is 221 Å². The lowest BCUT2D eigenvalue weighted by molar-refractivity contribution is -0.108. The number of rotatable bonds is 7. The molecule has 4 heteroatoms. The van der Waals surface area contributed by atoms with Gasteiger partial charge in [0.15, 0.2) is 0 Å². The number of allylic oxidation sites excluding steroid dienone is 2. The van der Waals surface area contributed by atoms with Crippen LogP contribution in [0.4, 0.5) is 0 Å². The molecule has 0 aromatic heterocycles. The number of aryl methyl sites for hydroxylation is 1. The number of hydrogen-bond donors (Lipinski definition) is 1. The van der Waals surface area contributed by atoms with Gasteiger partial charge in [-0.15, -0.1) is 6.42 Å². The van der Waals surface area contributed by atoms with Crippen molar-refractivity contribution in [1.29, 1.82) is 0 Å². The minimum absolute atomic E-state index is 0.197. The van der Waals surface area contributed by atoms with Crippen molar-refractivity contribution in [2.24, 2.45) is 11.3 Å². The molecule has 2 heterocycles. The summed E-state index contributed by atoms with van der Waals surface area (Å²) in [5, 5.41) is 3.26. The molecule has 0 aliphatic carbocycles. The molecule has 2 aliphatic heterocycles. The maximum absolute atomic E-state index is 10.1. The van der Waals surface area contributed by atoms with Gasteiger partial charge in [-0.25, -0.2) is 0 Å². The van der Waals surface area contributed by atoms with Crippen molar-refractivity contribution in [3.8, 4) is 12.3 Å². The van der Waals surface area contributed by atoms with Gasteiger partial charge in [0.1, 0.15) is 6.29 Å². The monoisotopic (exact) mass is 491 g/mol. The van der Waals surface area contributed by atoms with Gasteiger partial charge in [-0.1, -0.05) is 75.6 Å². The van der Waals surface area contributed by atoms with E-state index in [2.05, 4.69) is 99.1 Å². The van der Waals surface area contributed by atoms with Crippen molar-refractivity contribution in [3.05, 3.63) is 59.2 Å². The summed E-state index contributed by atoms with van der Waals surface area (Å²) < 4.78 is 0. The van der Waals surface area contributed by atoms with Crippen LogP contribution >= 0.6 is 0 Å². The topological polar surface area (TPSA) is 35.6 Å². The smallest absolute Gasteiger partial charge is 0.120 e. The number of likely N-dealkylation sites (N-methyl/N-ethyl adjacent to an activating group) is 1. The van der Waals surface area contributed by atoms with Gasteiger partial charge >= 0.3 is 0 Å². The van der Waals surface area contributed by atoms with Crippen LogP contribution in [0.2, 0.25) is 0 Å². The molecule has 2 saturated heterocycles. The molecule has 2 atom stereocenters. The zero-order valence-corrected chi connectivity index (χ0v) is 23.6. The number of carbonyl (C=O) groups is 1. The first-order chi connectivity index (χ1) is 17.2. The Morgan fingerprint density at radius 2 is 1.86 bits per heavy atom. The third-order valence-corrected chi connectivity index (χ3v) is 7.44. The number of nitrogens with one attached hydrogen (secondary N) is 1. The summed E-state index contributed by atoms with van der Waals surface area (Å²) in [5.74, 6) is 3.45. The van der Waals surface area contributed by atoms with Gasteiger partial charge in [-0.3, -0.25) is 4.90 Å². The first-order valence-electron chi connectivity index (χ1n) is 13.7. The second-order valence-electron chi connectivity index (χ2n) is 11.4. The molecule has 0 saturated carbocycles. The van der Waals surface area contributed by atoms with E-state index in [0.29, 0.717) is 12.0 Å². The van der Waals surface area contributed by atoms with Crippen LogP contribution in [0.25, 0.3) is 0 Å². The Balaban J connectivity index is 0.000000425. The first kappa shape index (κ1) is 30.0. The number of carbonyl (C=O) groups excluding carboxylic acids is 1. The fourth-order valence-corrected chi connectivity index (χ4v) is 5.25. The van der Waals surface area contributed by atoms with Crippen molar-refractivity contribution >= 4 is 6.29 Å². The van der Waals surface area contributed by atoms with Crippen molar-refractivity contribution in [3.63, 3.8) is 0 Å². The highest BCUT2D eigenvalue weighted by Crippen LogP contribution is 2.35. The highest BCUT2D eigenvalue weighted by molar-refractivity contribution is 5.49. The second kappa shape index (κ2) is 15.2. The normalized spacial score (nSPS) is 21.5. The SMILES string of the molecule is C#C/C=C(\C=C/CC)C(c1ccc(C)cc1)N1CCN(C)C(C(C)(C)C)C1.O=CCC1CCNCC1. The summed E-state index contributed by atoms with van der Waals surface area (Å²) in [5.41, 5.74) is 4.05. The fraction of sp³-hybridized carbons (Fsp3) is 0.594. The van der Waals surface area contributed by atoms with Crippen molar-refractivity contribution < 1.29 is 4.79 Å². The van der Waals surface area contributed by atoms with Crippen LogP contribution in [0.1, 0.15) is 70.5 Å². The van der Waals surface area contributed by atoms with Gasteiger partial charge in [0.25, 0.3) is 0 Å².